The predicted octanol–water partition coefficient (Wildman–Crippen LogP) is 0.891. The molecular weight excluding hydrogens is 257 g/mol. The van der Waals surface area contributed by atoms with Gasteiger partial charge < -0.3 is 5.11 Å². The van der Waals surface area contributed by atoms with Crippen molar-refractivity contribution >= 4 is 21.6 Å². The highest BCUT2D eigenvalue weighted by Crippen LogP contribution is 2.17. The zero-order valence-electron chi connectivity index (χ0n) is 8.28. The summed E-state index contributed by atoms with van der Waals surface area (Å²) in [5.74, 6) is -0.890. The molecule has 1 rings (SSSR count). The number of sulfonamides is 1. The van der Waals surface area contributed by atoms with Crippen LogP contribution >= 0.6 is 11.6 Å². The number of aliphatic hydroxyl groups excluding tert-OH is 1. The van der Waals surface area contributed by atoms with Crippen LogP contribution in [0, 0.1) is 5.82 Å². The molecule has 0 aliphatic heterocycles. The van der Waals surface area contributed by atoms with Crippen molar-refractivity contribution in [1.29, 1.82) is 0 Å². The monoisotopic (exact) mass is 267 g/mol. The largest absolute Gasteiger partial charge is 0.395 e. The molecule has 0 aromatic heterocycles. The van der Waals surface area contributed by atoms with Crippen LogP contribution in [0.25, 0.3) is 0 Å². The molecule has 0 atom stereocenters. The van der Waals surface area contributed by atoms with Crippen LogP contribution in [0.4, 0.5) is 4.39 Å². The summed E-state index contributed by atoms with van der Waals surface area (Å²) >= 11 is 5.52. The zero-order chi connectivity index (χ0) is 12.2. The van der Waals surface area contributed by atoms with E-state index in [4.69, 9.17) is 16.7 Å². The zero-order valence-corrected chi connectivity index (χ0v) is 9.85. The van der Waals surface area contributed by atoms with Crippen LogP contribution in [-0.4, -0.2) is 26.7 Å². The number of rotatable bonds is 5. The molecule has 1 aromatic rings. The second-order valence-corrected chi connectivity index (χ2v) is 5.34. The van der Waals surface area contributed by atoms with Gasteiger partial charge in [-0.1, -0.05) is 17.7 Å². The Labute approximate surface area is 98.1 Å². The van der Waals surface area contributed by atoms with Gasteiger partial charge in [0.05, 0.1) is 17.4 Å². The van der Waals surface area contributed by atoms with Crippen molar-refractivity contribution in [2.75, 3.05) is 13.2 Å². The van der Waals surface area contributed by atoms with Gasteiger partial charge in [0, 0.05) is 6.54 Å². The molecule has 0 heterocycles. The van der Waals surface area contributed by atoms with E-state index in [0.29, 0.717) is 5.56 Å². The molecule has 2 N–H and O–H groups in total. The van der Waals surface area contributed by atoms with Crippen LogP contribution in [0.5, 0.6) is 0 Å². The van der Waals surface area contributed by atoms with Gasteiger partial charge in [-0.2, -0.15) is 0 Å². The lowest BCUT2D eigenvalue weighted by Crippen LogP contribution is -2.27. The highest BCUT2D eigenvalue weighted by molar-refractivity contribution is 7.88. The Bertz CT molecular complexity index is 464. The average molecular weight is 268 g/mol. The molecule has 0 bridgehead atoms. The summed E-state index contributed by atoms with van der Waals surface area (Å²) in [4.78, 5) is 0. The van der Waals surface area contributed by atoms with Crippen molar-refractivity contribution in [2.24, 2.45) is 0 Å². The first kappa shape index (κ1) is 13.4. The third kappa shape index (κ3) is 4.05. The van der Waals surface area contributed by atoms with Crippen LogP contribution < -0.4 is 4.72 Å². The molecule has 16 heavy (non-hydrogen) atoms. The summed E-state index contributed by atoms with van der Waals surface area (Å²) in [5, 5.41) is 8.36. The third-order valence-corrected chi connectivity index (χ3v) is 3.42. The minimum Gasteiger partial charge on any atom is -0.395 e. The van der Waals surface area contributed by atoms with Crippen molar-refractivity contribution < 1.29 is 17.9 Å². The van der Waals surface area contributed by atoms with Crippen LogP contribution in [-0.2, 0) is 15.8 Å². The average Bonchev–Trinajstić information content (AvgIpc) is 2.20. The molecule has 0 spiro atoms. The number of nitrogens with one attached hydrogen (secondary N) is 1. The normalized spacial score (nSPS) is 11.7. The Hall–Kier alpha value is -0.690. The van der Waals surface area contributed by atoms with E-state index in [1.807, 2.05) is 0 Å². The van der Waals surface area contributed by atoms with Gasteiger partial charge in [-0.15, -0.1) is 0 Å². The standard InChI is InChI=1S/C9H11ClFNO3S/c10-8-5-7(1-2-9(8)11)6-16(14,15)12-3-4-13/h1-2,5,12-13H,3-4,6H2. The van der Waals surface area contributed by atoms with Crippen molar-refractivity contribution in [3.05, 3.63) is 34.6 Å². The van der Waals surface area contributed by atoms with Crippen molar-refractivity contribution in [2.45, 2.75) is 5.75 Å². The van der Waals surface area contributed by atoms with Gasteiger partial charge >= 0.3 is 0 Å². The molecule has 1 aromatic carbocycles. The summed E-state index contributed by atoms with van der Waals surface area (Å²) in [5.41, 5.74) is 0.386. The topological polar surface area (TPSA) is 66.4 Å². The maximum Gasteiger partial charge on any atom is 0.215 e. The molecule has 0 aliphatic carbocycles. The Morgan fingerprint density at radius 1 is 1.44 bits per heavy atom. The van der Waals surface area contributed by atoms with Gasteiger partial charge in [-0.05, 0) is 17.7 Å². The Kier molecular flexibility index (Phi) is 4.67. The minimum atomic E-state index is -3.52. The first-order valence-electron chi connectivity index (χ1n) is 4.47. The molecule has 0 aliphatic rings. The lowest BCUT2D eigenvalue weighted by Gasteiger charge is -2.05. The molecule has 0 unspecified atom stereocenters. The van der Waals surface area contributed by atoms with Crippen LogP contribution in [0.2, 0.25) is 5.02 Å². The Balaban J connectivity index is 2.76. The molecule has 0 saturated carbocycles. The van der Waals surface area contributed by atoms with E-state index < -0.39 is 15.8 Å². The van der Waals surface area contributed by atoms with Gasteiger partial charge in [-0.25, -0.2) is 17.5 Å². The quantitative estimate of drug-likeness (QED) is 0.833. The number of aliphatic hydroxyl groups is 1. The molecule has 0 saturated heterocycles. The summed E-state index contributed by atoms with van der Waals surface area (Å²) in [6.45, 7) is -0.319. The van der Waals surface area contributed by atoms with Crippen LogP contribution in [0.3, 0.4) is 0 Å². The highest BCUT2D eigenvalue weighted by Gasteiger charge is 2.11. The molecule has 90 valence electrons. The van der Waals surface area contributed by atoms with Gasteiger partial charge in [0.2, 0.25) is 10.0 Å². The SMILES string of the molecule is O=S(=O)(Cc1ccc(F)c(Cl)c1)NCCO. The second kappa shape index (κ2) is 5.58. The summed E-state index contributed by atoms with van der Waals surface area (Å²) in [7, 11) is -3.52. The second-order valence-electron chi connectivity index (χ2n) is 3.13. The van der Waals surface area contributed by atoms with E-state index in [0.717, 1.165) is 6.07 Å². The first-order chi connectivity index (χ1) is 7.44. The third-order valence-electron chi connectivity index (χ3n) is 1.77. The fourth-order valence-corrected chi connectivity index (χ4v) is 2.43. The first-order valence-corrected chi connectivity index (χ1v) is 6.50. The smallest absolute Gasteiger partial charge is 0.215 e. The molecular formula is C9H11ClFNO3S. The Morgan fingerprint density at radius 2 is 2.12 bits per heavy atom. The molecule has 7 heteroatoms. The predicted molar refractivity (Wildman–Crippen MR) is 59.1 cm³/mol. The molecule has 0 amide bonds. The summed E-state index contributed by atoms with van der Waals surface area (Å²) in [6, 6.07) is 3.72. The Morgan fingerprint density at radius 3 is 2.69 bits per heavy atom. The van der Waals surface area contributed by atoms with Gasteiger partial charge in [0.15, 0.2) is 0 Å². The number of hydrogen-bond acceptors (Lipinski definition) is 3. The van der Waals surface area contributed by atoms with Crippen LogP contribution in [0.15, 0.2) is 18.2 Å². The number of benzene rings is 1. The van der Waals surface area contributed by atoms with E-state index >= 15 is 0 Å². The van der Waals surface area contributed by atoms with Crippen molar-refractivity contribution in [1.82, 2.24) is 4.72 Å². The van der Waals surface area contributed by atoms with Crippen molar-refractivity contribution in [3.8, 4) is 0 Å². The van der Waals surface area contributed by atoms with E-state index in [9.17, 15) is 12.8 Å². The maximum atomic E-state index is 12.8. The molecule has 0 fully saturated rings. The van der Waals surface area contributed by atoms with Crippen molar-refractivity contribution in [3.63, 3.8) is 0 Å². The van der Waals surface area contributed by atoms with E-state index in [1.54, 1.807) is 0 Å². The fourth-order valence-electron chi connectivity index (χ4n) is 1.10. The van der Waals surface area contributed by atoms with Gasteiger partial charge in [0.1, 0.15) is 5.82 Å². The van der Waals surface area contributed by atoms with E-state index in [1.165, 1.54) is 12.1 Å². The lowest BCUT2D eigenvalue weighted by atomic mass is 10.2. The van der Waals surface area contributed by atoms with E-state index in [2.05, 4.69) is 4.72 Å². The van der Waals surface area contributed by atoms with Gasteiger partial charge in [0.25, 0.3) is 0 Å². The fraction of sp³-hybridized carbons (Fsp3) is 0.333. The maximum absolute atomic E-state index is 12.8. The highest BCUT2D eigenvalue weighted by atomic mass is 35.5. The van der Waals surface area contributed by atoms with Gasteiger partial charge in [-0.3, -0.25) is 0 Å². The number of hydrogen-bond donors (Lipinski definition) is 2. The lowest BCUT2D eigenvalue weighted by molar-refractivity contribution is 0.301. The minimum absolute atomic E-state index is 0.0444. The van der Waals surface area contributed by atoms with E-state index in [-0.39, 0.29) is 23.9 Å². The van der Waals surface area contributed by atoms with Crippen LogP contribution in [0.1, 0.15) is 5.56 Å². The molecule has 0 radical (unpaired) electrons. The summed E-state index contributed by atoms with van der Waals surface area (Å²) in [6.07, 6.45) is 0. The summed E-state index contributed by atoms with van der Waals surface area (Å²) < 4.78 is 37.8. The number of halogens is 2. The molecule has 4 nitrogen and oxygen atoms in total.